The summed E-state index contributed by atoms with van der Waals surface area (Å²) < 4.78 is 7.73. The first-order chi connectivity index (χ1) is 14.7. The highest BCUT2D eigenvalue weighted by molar-refractivity contribution is 14.0. The second-order valence-electron chi connectivity index (χ2n) is 7.04. The highest BCUT2D eigenvalue weighted by atomic mass is 127. The lowest BCUT2D eigenvalue weighted by atomic mass is 10.1. The first-order valence-electron chi connectivity index (χ1n) is 10.3. The van der Waals surface area contributed by atoms with Crippen LogP contribution in [0.5, 0.6) is 0 Å². The molecule has 1 aromatic heterocycles. The Hall–Kier alpha value is -2.46. The Labute approximate surface area is 201 Å². The van der Waals surface area contributed by atoms with Gasteiger partial charge in [0.05, 0.1) is 12.6 Å². The van der Waals surface area contributed by atoms with Crippen molar-refractivity contribution in [2.75, 3.05) is 20.2 Å². The van der Waals surface area contributed by atoms with Crippen LogP contribution >= 0.6 is 24.0 Å². The van der Waals surface area contributed by atoms with Crippen LogP contribution in [0.1, 0.15) is 36.1 Å². The maximum atomic E-state index is 5.92. The van der Waals surface area contributed by atoms with Gasteiger partial charge in [0.1, 0.15) is 12.7 Å². The predicted molar refractivity (Wildman–Crippen MR) is 135 cm³/mol. The van der Waals surface area contributed by atoms with E-state index in [1.807, 2.05) is 22.9 Å². The van der Waals surface area contributed by atoms with E-state index < -0.39 is 0 Å². The monoisotopic (exact) mass is 534 g/mol. The molecular formula is C23H31IN6O. The van der Waals surface area contributed by atoms with Gasteiger partial charge in [-0.2, -0.15) is 5.10 Å². The summed E-state index contributed by atoms with van der Waals surface area (Å²) in [6.45, 7) is 4.99. The lowest BCUT2D eigenvalue weighted by Gasteiger charge is -2.15. The molecule has 0 aliphatic rings. The van der Waals surface area contributed by atoms with E-state index in [0.717, 1.165) is 18.9 Å². The Morgan fingerprint density at radius 2 is 1.90 bits per heavy atom. The zero-order valence-electron chi connectivity index (χ0n) is 18.1. The molecule has 31 heavy (non-hydrogen) atoms. The normalized spacial score (nSPS) is 12.1. The molecule has 0 radical (unpaired) electrons. The number of nitrogens with one attached hydrogen (secondary N) is 2. The van der Waals surface area contributed by atoms with Crippen molar-refractivity contribution in [1.82, 2.24) is 25.4 Å². The van der Waals surface area contributed by atoms with Gasteiger partial charge in [0.25, 0.3) is 0 Å². The average molecular weight is 534 g/mol. The van der Waals surface area contributed by atoms with Gasteiger partial charge in [-0.05, 0) is 30.0 Å². The van der Waals surface area contributed by atoms with E-state index in [2.05, 4.69) is 69.0 Å². The van der Waals surface area contributed by atoms with Crippen LogP contribution in [0.4, 0.5) is 0 Å². The number of ether oxygens (including phenoxy) is 1. The van der Waals surface area contributed by atoms with Gasteiger partial charge in [-0.25, -0.2) is 9.67 Å². The third-order valence-electron chi connectivity index (χ3n) is 4.74. The van der Waals surface area contributed by atoms with Crippen molar-refractivity contribution in [2.45, 2.75) is 32.5 Å². The van der Waals surface area contributed by atoms with E-state index in [1.165, 1.54) is 16.7 Å². The van der Waals surface area contributed by atoms with Gasteiger partial charge >= 0.3 is 0 Å². The first kappa shape index (κ1) is 24.8. The summed E-state index contributed by atoms with van der Waals surface area (Å²) in [5, 5.41) is 10.9. The van der Waals surface area contributed by atoms with Crippen molar-refractivity contribution < 1.29 is 4.74 Å². The zero-order valence-corrected chi connectivity index (χ0v) is 20.4. The molecule has 0 spiro atoms. The summed E-state index contributed by atoms with van der Waals surface area (Å²) >= 11 is 0. The second kappa shape index (κ2) is 13.8. The van der Waals surface area contributed by atoms with Crippen molar-refractivity contribution in [3.05, 3.63) is 83.9 Å². The molecule has 1 heterocycles. The molecule has 2 N–H and O–H groups in total. The Morgan fingerprint density at radius 1 is 1.10 bits per heavy atom. The van der Waals surface area contributed by atoms with Crippen molar-refractivity contribution in [2.24, 2.45) is 4.99 Å². The average Bonchev–Trinajstić information content (AvgIpc) is 3.29. The standard InChI is InChI=1S/C23H30N6O.HI/c1-19(22-10-4-3-5-11-22)30-13-7-12-26-23(24-2)27-15-20-8-6-9-21(14-20)16-29-18-25-17-28-29;/h3-6,8-11,14,17-19H,7,12-13,15-16H2,1-2H3,(H2,24,26,27);1H. The SMILES string of the molecule is CN=C(NCCCOC(C)c1ccccc1)NCc1cccc(Cn2cncn2)c1.I. The van der Waals surface area contributed by atoms with Crippen LogP contribution in [0.25, 0.3) is 0 Å². The van der Waals surface area contributed by atoms with E-state index in [4.69, 9.17) is 4.74 Å². The molecule has 0 amide bonds. The molecule has 7 nitrogen and oxygen atoms in total. The van der Waals surface area contributed by atoms with Crippen LogP contribution in [0.15, 0.2) is 72.2 Å². The molecule has 166 valence electrons. The zero-order chi connectivity index (χ0) is 21.0. The summed E-state index contributed by atoms with van der Waals surface area (Å²) in [5.41, 5.74) is 3.58. The second-order valence-corrected chi connectivity index (χ2v) is 7.04. The van der Waals surface area contributed by atoms with Crippen molar-refractivity contribution in [3.63, 3.8) is 0 Å². The molecule has 8 heteroatoms. The van der Waals surface area contributed by atoms with E-state index in [9.17, 15) is 0 Å². The summed E-state index contributed by atoms with van der Waals surface area (Å²) in [6, 6.07) is 18.7. The lowest BCUT2D eigenvalue weighted by molar-refractivity contribution is 0.0646. The Morgan fingerprint density at radius 3 is 2.65 bits per heavy atom. The maximum Gasteiger partial charge on any atom is 0.191 e. The Bertz CT molecular complexity index is 901. The molecule has 3 aromatic rings. The summed E-state index contributed by atoms with van der Waals surface area (Å²) in [7, 11) is 1.78. The number of aromatic nitrogens is 3. The smallest absolute Gasteiger partial charge is 0.191 e. The summed E-state index contributed by atoms with van der Waals surface area (Å²) in [5.74, 6) is 0.785. The Balaban J connectivity index is 0.00000341. The van der Waals surface area contributed by atoms with Gasteiger partial charge in [0, 0.05) is 26.7 Å². The fraction of sp³-hybridized carbons (Fsp3) is 0.348. The van der Waals surface area contributed by atoms with E-state index in [0.29, 0.717) is 19.7 Å². The van der Waals surface area contributed by atoms with Gasteiger partial charge < -0.3 is 15.4 Å². The molecule has 1 unspecified atom stereocenters. The predicted octanol–water partition coefficient (Wildman–Crippen LogP) is 3.78. The molecule has 0 saturated carbocycles. The number of halogens is 1. The Kier molecular flexibility index (Phi) is 11.0. The topological polar surface area (TPSA) is 76.4 Å². The van der Waals surface area contributed by atoms with Crippen LogP contribution in [-0.2, 0) is 17.8 Å². The lowest BCUT2D eigenvalue weighted by Crippen LogP contribution is -2.37. The fourth-order valence-corrected chi connectivity index (χ4v) is 3.11. The number of nitrogens with zero attached hydrogens (tertiary/aromatic N) is 4. The number of hydrogen-bond donors (Lipinski definition) is 2. The highest BCUT2D eigenvalue weighted by Gasteiger charge is 2.05. The molecule has 1 atom stereocenters. The highest BCUT2D eigenvalue weighted by Crippen LogP contribution is 2.15. The van der Waals surface area contributed by atoms with Gasteiger partial charge in [0.2, 0.25) is 0 Å². The van der Waals surface area contributed by atoms with Gasteiger partial charge in [0.15, 0.2) is 5.96 Å². The third kappa shape index (κ3) is 8.66. The van der Waals surface area contributed by atoms with Crippen LogP contribution < -0.4 is 10.6 Å². The van der Waals surface area contributed by atoms with Gasteiger partial charge in [-0.1, -0.05) is 54.6 Å². The quantitative estimate of drug-likeness (QED) is 0.179. The van der Waals surface area contributed by atoms with E-state index in [-0.39, 0.29) is 30.1 Å². The van der Waals surface area contributed by atoms with Crippen LogP contribution in [0.2, 0.25) is 0 Å². The number of guanidine groups is 1. The molecular weight excluding hydrogens is 503 g/mol. The van der Waals surface area contributed by atoms with Crippen LogP contribution in [-0.4, -0.2) is 40.9 Å². The minimum absolute atomic E-state index is 0. The van der Waals surface area contributed by atoms with Crippen LogP contribution in [0.3, 0.4) is 0 Å². The van der Waals surface area contributed by atoms with Crippen molar-refractivity contribution in [1.29, 1.82) is 0 Å². The van der Waals surface area contributed by atoms with Crippen LogP contribution in [0, 0.1) is 0 Å². The largest absolute Gasteiger partial charge is 0.374 e. The molecule has 2 aromatic carbocycles. The maximum absolute atomic E-state index is 5.92. The minimum atomic E-state index is 0. The number of benzene rings is 2. The van der Waals surface area contributed by atoms with Crippen molar-refractivity contribution in [3.8, 4) is 0 Å². The molecule has 3 rings (SSSR count). The molecule has 0 aliphatic carbocycles. The third-order valence-corrected chi connectivity index (χ3v) is 4.74. The van der Waals surface area contributed by atoms with Gasteiger partial charge in [-0.3, -0.25) is 4.99 Å². The van der Waals surface area contributed by atoms with E-state index in [1.54, 1.807) is 19.7 Å². The molecule has 0 bridgehead atoms. The number of rotatable bonds is 10. The molecule has 0 aliphatic heterocycles. The molecule has 0 fully saturated rings. The minimum Gasteiger partial charge on any atom is -0.374 e. The van der Waals surface area contributed by atoms with Crippen molar-refractivity contribution >= 4 is 29.9 Å². The number of hydrogen-bond acceptors (Lipinski definition) is 4. The first-order valence-corrected chi connectivity index (χ1v) is 10.3. The summed E-state index contributed by atoms with van der Waals surface area (Å²) in [4.78, 5) is 8.28. The number of aliphatic imine (C=N–C) groups is 1. The van der Waals surface area contributed by atoms with Gasteiger partial charge in [-0.15, -0.1) is 24.0 Å². The summed E-state index contributed by atoms with van der Waals surface area (Å²) in [6.07, 6.45) is 4.29. The van der Waals surface area contributed by atoms with E-state index >= 15 is 0 Å². The molecule has 0 saturated heterocycles. The fourth-order valence-electron chi connectivity index (χ4n) is 3.11.